The highest BCUT2D eigenvalue weighted by Crippen LogP contribution is 2.43. The summed E-state index contributed by atoms with van der Waals surface area (Å²) in [5, 5.41) is 0. The zero-order valence-corrected chi connectivity index (χ0v) is 9.37. The first kappa shape index (κ1) is 12.5. The molecule has 3 nitrogen and oxygen atoms in total. The molecule has 0 fully saturated rings. The van der Waals surface area contributed by atoms with Crippen molar-refractivity contribution in [2.24, 2.45) is 0 Å². The molecule has 12 heavy (non-hydrogen) atoms. The summed E-state index contributed by atoms with van der Waals surface area (Å²) in [6, 6.07) is 0. The van der Waals surface area contributed by atoms with Crippen molar-refractivity contribution in [2.45, 2.75) is 33.1 Å². The van der Waals surface area contributed by atoms with E-state index in [2.05, 4.69) is 6.92 Å². The van der Waals surface area contributed by atoms with E-state index in [1.54, 1.807) is 0 Å². The van der Waals surface area contributed by atoms with Gasteiger partial charge in [0.15, 0.2) is 0 Å². The molecule has 0 aromatic heterocycles. The van der Waals surface area contributed by atoms with Crippen LogP contribution in [-0.2, 0) is 20.9 Å². The van der Waals surface area contributed by atoms with E-state index in [0.717, 1.165) is 19.3 Å². The highest BCUT2D eigenvalue weighted by Gasteiger charge is 2.12. The van der Waals surface area contributed by atoms with Crippen molar-refractivity contribution in [3.8, 4) is 0 Å². The molecule has 74 valence electrons. The van der Waals surface area contributed by atoms with Gasteiger partial charge in [-0.1, -0.05) is 20.3 Å². The third-order valence-corrected chi connectivity index (χ3v) is 2.86. The Hall–Kier alpha value is 0.530. The first-order valence-electron chi connectivity index (χ1n) is 4.24. The van der Waals surface area contributed by atoms with Gasteiger partial charge in [-0.3, -0.25) is 0 Å². The second-order valence-electron chi connectivity index (χ2n) is 2.49. The lowest BCUT2D eigenvalue weighted by molar-refractivity contribution is 0.195. The molecule has 0 aliphatic carbocycles. The highest BCUT2D eigenvalue weighted by atomic mass is 32.5. The average Bonchev–Trinajstić information content (AvgIpc) is 2.01. The summed E-state index contributed by atoms with van der Waals surface area (Å²) in [5.41, 5.74) is 0. The van der Waals surface area contributed by atoms with Gasteiger partial charge in [-0.05, 0) is 24.6 Å². The maximum absolute atomic E-state index is 9.35. The van der Waals surface area contributed by atoms with E-state index in [9.17, 15) is 4.89 Å². The molecule has 1 N–H and O–H groups in total. The predicted octanol–water partition coefficient (Wildman–Crippen LogP) is 2.45. The summed E-state index contributed by atoms with van der Waals surface area (Å²) >= 11 is 4.74. The monoisotopic (exact) mass is 212 g/mol. The van der Waals surface area contributed by atoms with Crippen LogP contribution in [0.4, 0.5) is 0 Å². The number of hydrogen-bond donors (Lipinski definition) is 1. The predicted molar refractivity (Wildman–Crippen MR) is 53.6 cm³/mol. The van der Waals surface area contributed by atoms with Crippen molar-refractivity contribution in [3.05, 3.63) is 0 Å². The molecule has 0 heterocycles. The van der Waals surface area contributed by atoms with Crippen LogP contribution in [0.2, 0.25) is 0 Å². The standard InChI is InChI=1S/C7H17O3PS/c1-3-5-7-10-11(8,12)9-6-4-2/h3-7H2,1-2H3,(H,8,12). The van der Waals surface area contributed by atoms with Crippen LogP contribution >= 0.6 is 6.72 Å². The molecule has 5 heteroatoms. The minimum Gasteiger partial charge on any atom is -0.324 e. The van der Waals surface area contributed by atoms with Gasteiger partial charge in [0.2, 0.25) is 0 Å². The SMILES string of the molecule is CCCCOP(O)(=S)OCCC. The molecule has 0 aromatic rings. The fourth-order valence-electron chi connectivity index (χ4n) is 0.568. The van der Waals surface area contributed by atoms with Gasteiger partial charge >= 0.3 is 6.72 Å². The molecule has 1 atom stereocenters. The fourth-order valence-corrected chi connectivity index (χ4v) is 1.86. The van der Waals surface area contributed by atoms with Crippen LogP contribution in [-0.4, -0.2) is 18.1 Å². The minimum absolute atomic E-state index is 0.472. The van der Waals surface area contributed by atoms with Crippen LogP contribution < -0.4 is 0 Å². The van der Waals surface area contributed by atoms with Crippen LogP contribution in [0.15, 0.2) is 0 Å². The van der Waals surface area contributed by atoms with E-state index in [0.29, 0.717) is 13.2 Å². The molecule has 0 aromatic carbocycles. The van der Waals surface area contributed by atoms with Crippen LogP contribution in [0.3, 0.4) is 0 Å². The van der Waals surface area contributed by atoms with E-state index < -0.39 is 6.72 Å². The lowest BCUT2D eigenvalue weighted by Crippen LogP contribution is -1.97. The lowest BCUT2D eigenvalue weighted by Gasteiger charge is -2.14. The van der Waals surface area contributed by atoms with Gasteiger partial charge in [0.05, 0.1) is 13.2 Å². The van der Waals surface area contributed by atoms with Crippen LogP contribution in [0.5, 0.6) is 0 Å². The normalized spacial score (nSPS) is 15.9. The minimum atomic E-state index is -2.91. The molecular weight excluding hydrogens is 195 g/mol. The van der Waals surface area contributed by atoms with Crippen molar-refractivity contribution in [3.63, 3.8) is 0 Å². The topological polar surface area (TPSA) is 38.7 Å². The van der Waals surface area contributed by atoms with Gasteiger partial charge in [-0.2, -0.15) is 0 Å². The Morgan fingerprint density at radius 3 is 2.25 bits per heavy atom. The molecule has 0 amide bonds. The van der Waals surface area contributed by atoms with E-state index >= 15 is 0 Å². The third-order valence-electron chi connectivity index (χ3n) is 1.21. The Balaban J connectivity index is 3.49. The summed E-state index contributed by atoms with van der Waals surface area (Å²) in [6.07, 6.45) is 2.79. The Bertz CT molecular complexity index is 152. The van der Waals surface area contributed by atoms with E-state index in [4.69, 9.17) is 20.9 Å². The maximum Gasteiger partial charge on any atom is 0.324 e. The zero-order valence-electron chi connectivity index (χ0n) is 7.65. The number of rotatable bonds is 7. The number of unbranched alkanes of at least 4 members (excludes halogenated alkanes) is 1. The number of hydrogen-bond acceptors (Lipinski definition) is 3. The van der Waals surface area contributed by atoms with Gasteiger partial charge in [0.25, 0.3) is 0 Å². The molecule has 0 bridgehead atoms. The maximum atomic E-state index is 9.35. The zero-order chi connectivity index (χ0) is 9.45. The first-order valence-corrected chi connectivity index (χ1v) is 6.83. The summed E-state index contributed by atoms with van der Waals surface area (Å²) in [7, 11) is 0. The largest absolute Gasteiger partial charge is 0.324 e. The molecule has 0 saturated carbocycles. The Kier molecular flexibility index (Phi) is 7.29. The van der Waals surface area contributed by atoms with Crippen molar-refractivity contribution in [1.29, 1.82) is 0 Å². The lowest BCUT2D eigenvalue weighted by atomic mass is 10.4. The first-order chi connectivity index (χ1) is 5.62. The van der Waals surface area contributed by atoms with Crippen LogP contribution in [0.1, 0.15) is 33.1 Å². The smallest absolute Gasteiger partial charge is 0.324 e. The molecule has 0 saturated heterocycles. The van der Waals surface area contributed by atoms with Gasteiger partial charge < -0.3 is 13.9 Å². The van der Waals surface area contributed by atoms with Crippen molar-refractivity contribution in [1.82, 2.24) is 0 Å². The summed E-state index contributed by atoms with van der Waals surface area (Å²) in [5.74, 6) is 0. The van der Waals surface area contributed by atoms with Gasteiger partial charge in [-0.15, -0.1) is 0 Å². The Morgan fingerprint density at radius 1 is 1.17 bits per heavy atom. The Morgan fingerprint density at radius 2 is 1.75 bits per heavy atom. The molecule has 0 radical (unpaired) electrons. The molecule has 0 rings (SSSR count). The summed E-state index contributed by atoms with van der Waals surface area (Å²) in [4.78, 5) is 9.35. The van der Waals surface area contributed by atoms with Crippen LogP contribution in [0, 0.1) is 0 Å². The third kappa shape index (κ3) is 7.19. The van der Waals surface area contributed by atoms with Crippen LogP contribution in [0.25, 0.3) is 0 Å². The highest BCUT2D eigenvalue weighted by molar-refractivity contribution is 8.07. The summed E-state index contributed by atoms with van der Waals surface area (Å²) < 4.78 is 10.0. The van der Waals surface area contributed by atoms with E-state index in [-0.39, 0.29) is 0 Å². The molecule has 0 aliphatic rings. The van der Waals surface area contributed by atoms with E-state index in [1.165, 1.54) is 0 Å². The molecule has 1 unspecified atom stereocenters. The fraction of sp³-hybridized carbons (Fsp3) is 1.00. The summed E-state index contributed by atoms with van der Waals surface area (Å²) in [6.45, 7) is 2.07. The van der Waals surface area contributed by atoms with Gasteiger partial charge in [-0.25, -0.2) is 0 Å². The molecule has 0 spiro atoms. The van der Waals surface area contributed by atoms with Gasteiger partial charge in [0.1, 0.15) is 0 Å². The van der Waals surface area contributed by atoms with Crippen molar-refractivity contribution < 1.29 is 13.9 Å². The Labute approximate surface area is 79.3 Å². The second-order valence-corrected chi connectivity index (χ2v) is 5.33. The second kappa shape index (κ2) is 6.98. The average molecular weight is 212 g/mol. The molecule has 0 aliphatic heterocycles. The van der Waals surface area contributed by atoms with Crippen molar-refractivity contribution in [2.75, 3.05) is 13.2 Å². The van der Waals surface area contributed by atoms with E-state index in [1.807, 2.05) is 6.92 Å². The molecular formula is C7H17O3PS. The van der Waals surface area contributed by atoms with Crippen molar-refractivity contribution >= 4 is 18.5 Å². The van der Waals surface area contributed by atoms with Gasteiger partial charge in [0, 0.05) is 0 Å². The quantitative estimate of drug-likeness (QED) is 0.519.